The summed E-state index contributed by atoms with van der Waals surface area (Å²) in [5.41, 5.74) is 3.47. The maximum atomic E-state index is 13.7. The zero-order chi connectivity index (χ0) is 22.2. The third-order valence-corrected chi connectivity index (χ3v) is 6.23. The standard InChI is InChI=1S/C25H32N4O2/c1-6-26-23(28-25(5)11-12-25)21-17(3)31-18(4)22(21)24(30)29-14-13-27-20(15-29)19-9-7-16(2)8-10-19/h6-10,20,27-28H,3,11-15H2,1-2,4-5H3/b23-21-,26-6?. The fourth-order valence-corrected chi connectivity index (χ4v) is 4.11. The maximum Gasteiger partial charge on any atom is 0.258 e. The van der Waals surface area contributed by atoms with E-state index in [1.54, 1.807) is 6.21 Å². The molecule has 1 aliphatic carbocycles. The Labute approximate surface area is 183 Å². The summed E-state index contributed by atoms with van der Waals surface area (Å²) in [6, 6.07) is 8.59. The van der Waals surface area contributed by atoms with Crippen LogP contribution in [0.2, 0.25) is 0 Å². The molecule has 1 amide bonds. The van der Waals surface area contributed by atoms with E-state index in [9.17, 15) is 4.79 Å². The van der Waals surface area contributed by atoms with Crippen LogP contribution in [-0.4, -0.2) is 42.2 Å². The molecule has 4 rings (SSSR count). The van der Waals surface area contributed by atoms with Gasteiger partial charge in [-0.15, -0.1) is 0 Å². The second-order valence-electron chi connectivity index (χ2n) is 8.92. The number of carbonyl (C=O) groups is 1. The molecule has 31 heavy (non-hydrogen) atoms. The van der Waals surface area contributed by atoms with E-state index in [-0.39, 0.29) is 17.5 Å². The number of aliphatic imine (C=N–C) groups is 1. The van der Waals surface area contributed by atoms with Gasteiger partial charge in [0.05, 0.1) is 10.8 Å². The molecule has 1 aliphatic heterocycles. The van der Waals surface area contributed by atoms with Gasteiger partial charge in [-0.3, -0.25) is 4.79 Å². The van der Waals surface area contributed by atoms with Crippen molar-refractivity contribution in [3.05, 3.63) is 57.4 Å². The second kappa shape index (κ2) is 8.35. The summed E-state index contributed by atoms with van der Waals surface area (Å²) < 4.78 is 5.84. The van der Waals surface area contributed by atoms with Crippen molar-refractivity contribution in [2.45, 2.75) is 52.1 Å². The van der Waals surface area contributed by atoms with E-state index in [2.05, 4.69) is 60.3 Å². The van der Waals surface area contributed by atoms with Crippen LogP contribution >= 0.6 is 0 Å². The summed E-state index contributed by atoms with van der Waals surface area (Å²) in [7, 11) is 0. The molecule has 2 heterocycles. The molecule has 1 saturated heterocycles. The highest BCUT2D eigenvalue weighted by Crippen LogP contribution is 2.35. The van der Waals surface area contributed by atoms with Gasteiger partial charge < -0.3 is 20.0 Å². The summed E-state index contributed by atoms with van der Waals surface area (Å²) in [4.78, 5) is 20.2. The van der Waals surface area contributed by atoms with Gasteiger partial charge in [-0.2, -0.15) is 0 Å². The summed E-state index contributed by atoms with van der Waals surface area (Å²) >= 11 is 0. The number of aryl methyl sites for hydroxylation is 2. The lowest BCUT2D eigenvalue weighted by atomic mass is 10.0. The molecule has 1 aromatic heterocycles. The number of hydrogen-bond donors (Lipinski definition) is 2. The van der Waals surface area contributed by atoms with E-state index < -0.39 is 0 Å². The zero-order valence-corrected chi connectivity index (χ0v) is 18.9. The molecule has 1 saturated carbocycles. The van der Waals surface area contributed by atoms with E-state index in [4.69, 9.17) is 4.42 Å². The minimum atomic E-state index is -0.0312. The molecule has 1 unspecified atom stereocenters. The van der Waals surface area contributed by atoms with Crippen LogP contribution in [-0.2, 0) is 0 Å². The van der Waals surface area contributed by atoms with Gasteiger partial charge in [0, 0.05) is 37.4 Å². The molecule has 6 nitrogen and oxygen atoms in total. The molecule has 0 bridgehead atoms. The maximum absolute atomic E-state index is 13.7. The van der Waals surface area contributed by atoms with Crippen LogP contribution in [0.1, 0.15) is 60.0 Å². The second-order valence-corrected chi connectivity index (χ2v) is 8.92. The highest BCUT2D eigenvalue weighted by molar-refractivity contribution is 5.96. The number of piperazine rings is 1. The number of amides is 1. The fourth-order valence-electron chi connectivity index (χ4n) is 4.11. The average Bonchev–Trinajstić information content (AvgIpc) is 3.39. The van der Waals surface area contributed by atoms with Gasteiger partial charge >= 0.3 is 0 Å². The number of furan rings is 1. The van der Waals surface area contributed by atoms with Gasteiger partial charge in [0.25, 0.3) is 5.91 Å². The Morgan fingerprint density at radius 2 is 2.03 bits per heavy atom. The molecule has 6 heteroatoms. The van der Waals surface area contributed by atoms with Gasteiger partial charge in [-0.05, 0) is 46.1 Å². The van der Waals surface area contributed by atoms with Crippen LogP contribution in [0, 0.1) is 13.8 Å². The number of nitrogens with zero attached hydrogens (tertiary/aromatic N) is 2. The van der Waals surface area contributed by atoms with Crippen LogP contribution in [0.3, 0.4) is 0 Å². The first-order valence-electron chi connectivity index (χ1n) is 11.0. The van der Waals surface area contributed by atoms with Crippen LogP contribution in [0.5, 0.6) is 0 Å². The van der Waals surface area contributed by atoms with E-state index in [1.165, 1.54) is 11.1 Å². The quantitative estimate of drug-likeness (QED) is 0.729. The van der Waals surface area contributed by atoms with Crippen LogP contribution < -0.4 is 21.3 Å². The van der Waals surface area contributed by atoms with Crippen molar-refractivity contribution in [1.82, 2.24) is 15.5 Å². The Morgan fingerprint density at radius 3 is 2.68 bits per heavy atom. The molecule has 2 N–H and O–H groups in total. The smallest absolute Gasteiger partial charge is 0.258 e. The van der Waals surface area contributed by atoms with E-state index in [0.29, 0.717) is 40.9 Å². The molecule has 2 aliphatic rings. The van der Waals surface area contributed by atoms with Gasteiger partial charge in [0.1, 0.15) is 17.0 Å². The summed E-state index contributed by atoms with van der Waals surface area (Å²) in [5.74, 6) is 1.22. The summed E-state index contributed by atoms with van der Waals surface area (Å²) in [6.45, 7) is 14.0. The van der Waals surface area contributed by atoms with Gasteiger partial charge in [0.2, 0.25) is 0 Å². The first-order valence-corrected chi connectivity index (χ1v) is 11.0. The minimum Gasteiger partial charge on any atom is -0.461 e. The predicted octanol–water partition coefficient (Wildman–Crippen LogP) is 2.39. The monoisotopic (exact) mass is 420 g/mol. The Morgan fingerprint density at radius 1 is 1.32 bits per heavy atom. The minimum absolute atomic E-state index is 0.0192. The third kappa shape index (κ3) is 4.44. The Hall–Kier alpha value is -2.86. The summed E-state index contributed by atoms with van der Waals surface area (Å²) in [5, 5.41) is 7.73. The molecular formula is C25H32N4O2. The van der Waals surface area contributed by atoms with Crippen LogP contribution in [0.25, 0.3) is 12.4 Å². The van der Waals surface area contributed by atoms with Crippen molar-refractivity contribution < 1.29 is 9.21 Å². The van der Waals surface area contributed by atoms with Crippen molar-refractivity contribution in [2.24, 2.45) is 4.99 Å². The molecular weight excluding hydrogens is 388 g/mol. The lowest BCUT2D eigenvalue weighted by Crippen LogP contribution is -2.49. The topological polar surface area (TPSA) is 69.9 Å². The fraction of sp³-hybridized carbons (Fsp3) is 0.440. The van der Waals surface area contributed by atoms with Crippen molar-refractivity contribution in [3.63, 3.8) is 0 Å². The molecule has 2 aromatic rings. The Kier molecular flexibility index (Phi) is 5.75. The SMILES string of the molecule is C=c1oc(C)c(C(=O)N2CCNC(c3ccc(C)cc3)C2)/c1=C(/N=CC)NC1(C)CC1. The number of rotatable bonds is 5. The normalized spacial score (nSPS) is 21.3. The zero-order valence-electron chi connectivity index (χ0n) is 18.9. The number of benzene rings is 1. The Balaban J connectivity index is 1.69. The van der Waals surface area contributed by atoms with Crippen LogP contribution in [0.15, 0.2) is 33.7 Å². The summed E-state index contributed by atoms with van der Waals surface area (Å²) in [6.07, 6.45) is 3.90. The van der Waals surface area contributed by atoms with E-state index in [0.717, 1.165) is 19.4 Å². The number of hydrogen-bond acceptors (Lipinski definition) is 5. The predicted molar refractivity (Wildman–Crippen MR) is 124 cm³/mol. The Bertz CT molecular complexity index is 1110. The molecule has 1 atom stereocenters. The first kappa shape index (κ1) is 21.4. The average molecular weight is 421 g/mol. The van der Waals surface area contributed by atoms with Crippen molar-refractivity contribution in [3.8, 4) is 0 Å². The largest absolute Gasteiger partial charge is 0.461 e. The van der Waals surface area contributed by atoms with E-state index in [1.807, 2.05) is 18.7 Å². The van der Waals surface area contributed by atoms with Crippen molar-refractivity contribution in [2.75, 3.05) is 19.6 Å². The molecule has 0 radical (unpaired) electrons. The lowest BCUT2D eigenvalue weighted by molar-refractivity contribution is 0.0700. The highest BCUT2D eigenvalue weighted by atomic mass is 16.3. The number of carbonyl (C=O) groups excluding carboxylic acids is 1. The first-order chi connectivity index (χ1) is 14.8. The number of nitrogens with one attached hydrogen (secondary N) is 2. The van der Waals surface area contributed by atoms with Crippen molar-refractivity contribution in [1.29, 1.82) is 0 Å². The van der Waals surface area contributed by atoms with Gasteiger partial charge in [-0.25, -0.2) is 4.99 Å². The molecule has 164 valence electrons. The van der Waals surface area contributed by atoms with Gasteiger partial charge in [0.15, 0.2) is 0 Å². The highest BCUT2D eigenvalue weighted by Gasteiger charge is 2.38. The van der Waals surface area contributed by atoms with Crippen LogP contribution in [0.4, 0.5) is 0 Å². The molecule has 2 fully saturated rings. The molecule has 0 spiro atoms. The lowest BCUT2D eigenvalue weighted by Gasteiger charge is -2.34. The van der Waals surface area contributed by atoms with Gasteiger partial charge in [-0.1, -0.05) is 36.4 Å². The van der Waals surface area contributed by atoms with E-state index >= 15 is 0 Å². The molecule has 1 aromatic carbocycles. The van der Waals surface area contributed by atoms with Crippen molar-refractivity contribution >= 4 is 24.5 Å². The third-order valence-electron chi connectivity index (χ3n) is 6.23.